The SMILES string of the molecule is C=C/C(F)=C(/C)C(=C)C. The summed E-state index contributed by atoms with van der Waals surface area (Å²) in [5.41, 5.74) is 1.32. The zero-order chi connectivity index (χ0) is 7.44. The summed E-state index contributed by atoms with van der Waals surface area (Å²) in [6, 6.07) is 0. The molecule has 0 aromatic rings. The fourth-order valence-corrected chi connectivity index (χ4v) is 0.357. The minimum absolute atomic E-state index is 0.289. The third-order valence-electron chi connectivity index (χ3n) is 1.18. The molecule has 50 valence electrons. The summed E-state index contributed by atoms with van der Waals surface area (Å²) in [6.45, 7) is 10.3. The van der Waals surface area contributed by atoms with Crippen molar-refractivity contribution >= 4 is 0 Å². The fraction of sp³-hybridized carbons (Fsp3) is 0.250. The van der Waals surface area contributed by atoms with Gasteiger partial charge in [0.25, 0.3) is 0 Å². The molecule has 0 aromatic carbocycles. The maximum atomic E-state index is 12.5. The Kier molecular flexibility index (Phi) is 2.93. The van der Waals surface area contributed by atoms with Crippen LogP contribution in [0.25, 0.3) is 0 Å². The Morgan fingerprint density at radius 2 is 1.89 bits per heavy atom. The van der Waals surface area contributed by atoms with Crippen LogP contribution in [0.2, 0.25) is 0 Å². The summed E-state index contributed by atoms with van der Waals surface area (Å²) in [4.78, 5) is 0. The molecule has 0 spiro atoms. The molecular weight excluding hydrogens is 115 g/mol. The molecule has 0 nitrogen and oxygen atoms in total. The fourth-order valence-electron chi connectivity index (χ4n) is 0.357. The average Bonchev–Trinajstić information content (AvgIpc) is 1.84. The van der Waals surface area contributed by atoms with Crippen molar-refractivity contribution in [3.63, 3.8) is 0 Å². The first kappa shape index (κ1) is 8.15. The van der Waals surface area contributed by atoms with Gasteiger partial charge in [-0.3, -0.25) is 0 Å². The number of halogens is 1. The minimum Gasteiger partial charge on any atom is -0.207 e. The highest BCUT2D eigenvalue weighted by Crippen LogP contribution is 2.13. The Morgan fingerprint density at radius 3 is 2.00 bits per heavy atom. The zero-order valence-corrected chi connectivity index (χ0v) is 5.87. The topological polar surface area (TPSA) is 0 Å². The van der Waals surface area contributed by atoms with Crippen LogP contribution >= 0.6 is 0 Å². The van der Waals surface area contributed by atoms with Gasteiger partial charge >= 0.3 is 0 Å². The molecule has 0 amide bonds. The van der Waals surface area contributed by atoms with E-state index in [9.17, 15) is 4.39 Å². The van der Waals surface area contributed by atoms with E-state index >= 15 is 0 Å². The summed E-state index contributed by atoms with van der Waals surface area (Å²) in [7, 11) is 0. The number of hydrogen-bond acceptors (Lipinski definition) is 0. The van der Waals surface area contributed by atoms with Gasteiger partial charge in [0.1, 0.15) is 5.83 Å². The van der Waals surface area contributed by atoms with Gasteiger partial charge in [0.05, 0.1) is 0 Å². The van der Waals surface area contributed by atoms with Gasteiger partial charge < -0.3 is 0 Å². The second-order valence-corrected chi connectivity index (χ2v) is 1.96. The van der Waals surface area contributed by atoms with Crippen LogP contribution < -0.4 is 0 Å². The molecule has 9 heavy (non-hydrogen) atoms. The Hall–Kier alpha value is -0.850. The molecule has 0 aromatic heterocycles. The van der Waals surface area contributed by atoms with E-state index in [2.05, 4.69) is 13.2 Å². The maximum Gasteiger partial charge on any atom is 0.125 e. The van der Waals surface area contributed by atoms with Crippen LogP contribution in [0.15, 0.2) is 36.2 Å². The molecule has 0 fully saturated rings. The number of hydrogen-bond donors (Lipinski definition) is 0. The van der Waals surface area contributed by atoms with Gasteiger partial charge in [0.15, 0.2) is 0 Å². The third kappa shape index (κ3) is 2.27. The average molecular weight is 126 g/mol. The van der Waals surface area contributed by atoms with Gasteiger partial charge in [-0.05, 0) is 25.5 Å². The van der Waals surface area contributed by atoms with E-state index in [1.165, 1.54) is 6.08 Å². The first-order valence-electron chi connectivity index (χ1n) is 2.74. The summed E-state index contributed by atoms with van der Waals surface area (Å²) in [6.07, 6.45) is 1.18. The van der Waals surface area contributed by atoms with Gasteiger partial charge in [-0.2, -0.15) is 0 Å². The van der Waals surface area contributed by atoms with Gasteiger partial charge in [0.2, 0.25) is 0 Å². The Balaban J connectivity index is 4.47. The lowest BCUT2D eigenvalue weighted by Gasteiger charge is -1.96. The quantitative estimate of drug-likeness (QED) is 0.499. The van der Waals surface area contributed by atoms with Crippen molar-refractivity contribution in [3.8, 4) is 0 Å². The molecule has 0 bridgehead atoms. The van der Waals surface area contributed by atoms with E-state index in [-0.39, 0.29) is 5.83 Å². The van der Waals surface area contributed by atoms with Gasteiger partial charge in [-0.15, -0.1) is 0 Å². The maximum absolute atomic E-state index is 12.5. The first-order valence-corrected chi connectivity index (χ1v) is 2.74. The van der Waals surface area contributed by atoms with Crippen molar-refractivity contribution in [1.82, 2.24) is 0 Å². The van der Waals surface area contributed by atoms with Crippen LogP contribution in [0.3, 0.4) is 0 Å². The molecule has 0 aliphatic carbocycles. The highest BCUT2D eigenvalue weighted by molar-refractivity contribution is 5.31. The lowest BCUT2D eigenvalue weighted by molar-refractivity contribution is 0.657. The molecule has 0 aliphatic heterocycles. The Bertz CT molecular complexity index is 163. The summed E-state index contributed by atoms with van der Waals surface area (Å²) in [5.74, 6) is -0.289. The second-order valence-electron chi connectivity index (χ2n) is 1.96. The van der Waals surface area contributed by atoms with Gasteiger partial charge in [-0.25, -0.2) is 4.39 Å². The Labute approximate surface area is 55.4 Å². The molecular formula is C8H11F. The molecule has 0 heterocycles. The normalized spacial score (nSPS) is 12.3. The minimum atomic E-state index is -0.289. The van der Waals surface area contributed by atoms with Crippen molar-refractivity contribution in [2.45, 2.75) is 13.8 Å². The van der Waals surface area contributed by atoms with E-state index in [4.69, 9.17) is 0 Å². The Morgan fingerprint density at radius 1 is 1.44 bits per heavy atom. The molecule has 0 saturated carbocycles. The second kappa shape index (κ2) is 3.23. The van der Waals surface area contributed by atoms with Crippen LogP contribution in [0.4, 0.5) is 4.39 Å². The molecule has 0 rings (SSSR count). The predicted octanol–water partition coefficient (Wildman–Crippen LogP) is 2.99. The smallest absolute Gasteiger partial charge is 0.125 e. The molecule has 0 unspecified atom stereocenters. The van der Waals surface area contributed by atoms with E-state index < -0.39 is 0 Å². The van der Waals surface area contributed by atoms with Crippen LogP contribution in [0.1, 0.15) is 13.8 Å². The molecule has 0 N–H and O–H groups in total. The summed E-state index contributed by atoms with van der Waals surface area (Å²) >= 11 is 0. The highest BCUT2D eigenvalue weighted by Gasteiger charge is 1.95. The van der Waals surface area contributed by atoms with Crippen molar-refractivity contribution < 1.29 is 4.39 Å². The summed E-state index contributed by atoms with van der Waals surface area (Å²) < 4.78 is 12.5. The molecule has 0 saturated heterocycles. The molecule has 0 atom stereocenters. The van der Waals surface area contributed by atoms with E-state index in [1.807, 2.05) is 0 Å². The molecule has 1 heteroatoms. The van der Waals surface area contributed by atoms with Crippen LogP contribution in [-0.4, -0.2) is 0 Å². The number of rotatable bonds is 2. The predicted molar refractivity (Wildman–Crippen MR) is 38.8 cm³/mol. The third-order valence-corrected chi connectivity index (χ3v) is 1.18. The van der Waals surface area contributed by atoms with Gasteiger partial charge in [0, 0.05) is 0 Å². The highest BCUT2D eigenvalue weighted by atomic mass is 19.1. The zero-order valence-electron chi connectivity index (χ0n) is 5.87. The van der Waals surface area contributed by atoms with E-state index in [0.29, 0.717) is 5.57 Å². The molecule has 0 radical (unpaired) electrons. The van der Waals surface area contributed by atoms with Crippen molar-refractivity contribution in [3.05, 3.63) is 36.2 Å². The van der Waals surface area contributed by atoms with E-state index in [0.717, 1.165) is 5.57 Å². The van der Waals surface area contributed by atoms with E-state index in [1.54, 1.807) is 13.8 Å². The first-order chi connectivity index (χ1) is 4.09. The standard InChI is InChI=1S/C8H11F/c1-5-8(9)7(4)6(2)3/h5H,1-2H2,3-4H3/b8-7+. The van der Waals surface area contributed by atoms with Crippen LogP contribution in [0, 0.1) is 0 Å². The van der Waals surface area contributed by atoms with Crippen molar-refractivity contribution in [1.29, 1.82) is 0 Å². The largest absolute Gasteiger partial charge is 0.207 e. The number of allylic oxidation sites excluding steroid dienone is 4. The molecule has 0 aliphatic rings. The lowest BCUT2D eigenvalue weighted by atomic mass is 10.1. The van der Waals surface area contributed by atoms with Crippen molar-refractivity contribution in [2.24, 2.45) is 0 Å². The van der Waals surface area contributed by atoms with Gasteiger partial charge in [-0.1, -0.05) is 18.7 Å². The lowest BCUT2D eigenvalue weighted by Crippen LogP contribution is -1.78. The monoisotopic (exact) mass is 126 g/mol. The van der Waals surface area contributed by atoms with Crippen LogP contribution in [0.5, 0.6) is 0 Å². The summed E-state index contributed by atoms with van der Waals surface area (Å²) in [5, 5.41) is 0. The van der Waals surface area contributed by atoms with Crippen molar-refractivity contribution in [2.75, 3.05) is 0 Å². The van der Waals surface area contributed by atoms with Crippen LogP contribution in [-0.2, 0) is 0 Å².